The summed E-state index contributed by atoms with van der Waals surface area (Å²) in [5.74, 6) is 2.14. The number of nitrogen functional groups attached to an aromatic ring is 1. The second-order valence-corrected chi connectivity index (χ2v) is 7.22. The quantitative estimate of drug-likeness (QED) is 0.919. The number of aromatic nitrogens is 1. The van der Waals surface area contributed by atoms with Gasteiger partial charge in [0.25, 0.3) is 5.91 Å². The maximum absolute atomic E-state index is 12.7. The zero-order valence-corrected chi connectivity index (χ0v) is 12.9. The normalized spacial score (nSPS) is 26.0. The lowest BCUT2D eigenvalue weighted by Crippen LogP contribution is -2.44. The lowest BCUT2D eigenvalue weighted by molar-refractivity contribution is 0.0438. The maximum Gasteiger partial charge on any atom is 0.273 e. The van der Waals surface area contributed by atoms with Gasteiger partial charge in [0.2, 0.25) is 0 Å². The van der Waals surface area contributed by atoms with Crippen molar-refractivity contribution in [1.82, 2.24) is 9.88 Å². The van der Waals surface area contributed by atoms with Crippen LogP contribution in [0, 0.1) is 0 Å². The lowest BCUT2D eigenvalue weighted by atomic mass is 10.1. The van der Waals surface area contributed by atoms with Crippen LogP contribution in [0.15, 0.2) is 5.38 Å². The second kappa shape index (κ2) is 6.32. The maximum atomic E-state index is 12.7. The van der Waals surface area contributed by atoms with E-state index in [1.807, 2.05) is 16.7 Å². The number of hydrogen-bond donors (Lipinski definition) is 1. The smallest absolute Gasteiger partial charge is 0.273 e. The van der Waals surface area contributed by atoms with Crippen molar-refractivity contribution in [3.63, 3.8) is 0 Å². The topological polar surface area (TPSA) is 68.5 Å². The second-order valence-electron chi connectivity index (χ2n) is 5.18. The molecule has 0 bridgehead atoms. The number of amides is 1. The van der Waals surface area contributed by atoms with Crippen LogP contribution in [0.3, 0.4) is 0 Å². The number of thiazole rings is 1. The third-order valence-corrected chi connectivity index (χ3v) is 5.59. The lowest BCUT2D eigenvalue weighted by Gasteiger charge is -2.30. The average molecular weight is 313 g/mol. The molecule has 1 amide bonds. The first kappa shape index (κ1) is 14.2. The standard InChI is InChI=1S/C13H19N3O2S2/c14-13-15-11(8-20-13)12(17)16(9-3-5-19-7-9)6-10-2-1-4-18-10/h8-10H,1-7H2,(H2,14,15). The van der Waals surface area contributed by atoms with Crippen molar-refractivity contribution in [3.05, 3.63) is 11.1 Å². The van der Waals surface area contributed by atoms with Gasteiger partial charge in [0.05, 0.1) is 6.10 Å². The minimum atomic E-state index is 0.000880. The van der Waals surface area contributed by atoms with Crippen LogP contribution in [-0.4, -0.2) is 52.6 Å². The highest BCUT2D eigenvalue weighted by Gasteiger charge is 2.32. The van der Waals surface area contributed by atoms with Crippen LogP contribution in [0.25, 0.3) is 0 Å². The van der Waals surface area contributed by atoms with Crippen molar-refractivity contribution >= 4 is 34.1 Å². The van der Waals surface area contributed by atoms with Crippen molar-refractivity contribution in [2.75, 3.05) is 30.4 Å². The summed E-state index contributed by atoms with van der Waals surface area (Å²) < 4.78 is 5.69. The van der Waals surface area contributed by atoms with E-state index >= 15 is 0 Å². The highest BCUT2D eigenvalue weighted by Crippen LogP contribution is 2.26. The van der Waals surface area contributed by atoms with Gasteiger partial charge in [0.1, 0.15) is 5.69 Å². The zero-order valence-electron chi connectivity index (χ0n) is 11.3. The number of carbonyl (C=O) groups is 1. The molecule has 0 radical (unpaired) electrons. The SMILES string of the molecule is Nc1nc(C(=O)N(CC2CCCO2)C2CCSC2)cs1. The molecule has 0 spiro atoms. The Morgan fingerprint density at radius 2 is 2.45 bits per heavy atom. The molecule has 2 unspecified atom stereocenters. The molecule has 1 aromatic rings. The van der Waals surface area contributed by atoms with E-state index in [4.69, 9.17) is 10.5 Å². The minimum Gasteiger partial charge on any atom is -0.376 e. The van der Waals surface area contributed by atoms with Crippen LogP contribution < -0.4 is 5.73 Å². The number of nitrogens with zero attached hydrogens (tertiary/aromatic N) is 2. The monoisotopic (exact) mass is 313 g/mol. The van der Waals surface area contributed by atoms with Gasteiger partial charge >= 0.3 is 0 Å². The molecule has 3 heterocycles. The molecule has 0 saturated carbocycles. The summed E-state index contributed by atoms with van der Waals surface area (Å²) in [5, 5.41) is 2.20. The minimum absolute atomic E-state index is 0.000880. The van der Waals surface area contributed by atoms with E-state index in [2.05, 4.69) is 4.98 Å². The van der Waals surface area contributed by atoms with Crippen LogP contribution in [0.4, 0.5) is 5.13 Å². The fraction of sp³-hybridized carbons (Fsp3) is 0.692. The van der Waals surface area contributed by atoms with Crippen molar-refractivity contribution in [2.24, 2.45) is 0 Å². The molecule has 1 aromatic heterocycles. The fourth-order valence-electron chi connectivity index (χ4n) is 2.71. The van der Waals surface area contributed by atoms with Gasteiger partial charge < -0.3 is 15.4 Å². The molecule has 2 aliphatic rings. The van der Waals surface area contributed by atoms with Gasteiger partial charge in [0, 0.05) is 30.3 Å². The Morgan fingerprint density at radius 3 is 3.05 bits per heavy atom. The molecular formula is C13H19N3O2S2. The molecule has 2 N–H and O–H groups in total. The molecule has 2 aliphatic heterocycles. The van der Waals surface area contributed by atoms with Gasteiger partial charge in [-0.15, -0.1) is 11.3 Å². The van der Waals surface area contributed by atoms with Crippen LogP contribution in [-0.2, 0) is 4.74 Å². The van der Waals surface area contributed by atoms with Crippen molar-refractivity contribution in [2.45, 2.75) is 31.4 Å². The highest BCUT2D eigenvalue weighted by molar-refractivity contribution is 7.99. The van der Waals surface area contributed by atoms with Crippen LogP contribution in [0.2, 0.25) is 0 Å². The number of thioether (sulfide) groups is 1. The van der Waals surface area contributed by atoms with Crippen molar-refractivity contribution in [3.8, 4) is 0 Å². The van der Waals surface area contributed by atoms with Crippen LogP contribution in [0.1, 0.15) is 29.8 Å². The predicted octanol–water partition coefficient (Wildman–Crippen LogP) is 1.85. The first-order valence-corrected chi connectivity index (χ1v) is 8.99. The first-order chi connectivity index (χ1) is 9.74. The van der Waals surface area contributed by atoms with Crippen LogP contribution >= 0.6 is 23.1 Å². The summed E-state index contributed by atoms with van der Waals surface area (Å²) in [6.07, 6.45) is 3.38. The largest absolute Gasteiger partial charge is 0.376 e. The molecule has 7 heteroatoms. The van der Waals surface area contributed by atoms with Gasteiger partial charge in [-0.2, -0.15) is 11.8 Å². The summed E-state index contributed by atoms with van der Waals surface area (Å²) in [5.41, 5.74) is 6.12. The van der Waals surface area contributed by atoms with Crippen molar-refractivity contribution in [1.29, 1.82) is 0 Å². The highest BCUT2D eigenvalue weighted by atomic mass is 32.2. The number of anilines is 1. The molecule has 2 atom stereocenters. The van der Waals surface area contributed by atoms with E-state index in [9.17, 15) is 4.79 Å². The Hall–Kier alpha value is -0.790. The Bertz CT molecular complexity index is 468. The summed E-state index contributed by atoms with van der Waals surface area (Å²) in [6.45, 7) is 1.50. The molecule has 2 fully saturated rings. The van der Waals surface area contributed by atoms with Crippen LogP contribution in [0.5, 0.6) is 0 Å². The molecule has 20 heavy (non-hydrogen) atoms. The van der Waals surface area contributed by atoms with Gasteiger partial charge in [-0.3, -0.25) is 4.79 Å². The molecule has 5 nitrogen and oxygen atoms in total. The van der Waals surface area contributed by atoms with E-state index in [-0.39, 0.29) is 12.0 Å². The molecule has 3 rings (SSSR count). The first-order valence-electron chi connectivity index (χ1n) is 6.95. The number of ether oxygens (including phenoxy) is 1. The number of rotatable bonds is 4. The Kier molecular flexibility index (Phi) is 4.48. The Balaban J connectivity index is 1.74. The fourth-order valence-corrected chi connectivity index (χ4v) is 4.47. The predicted molar refractivity (Wildman–Crippen MR) is 82.3 cm³/mol. The van der Waals surface area contributed by atoms with Crippen molar-refractivity contribution < 1.29 is 9.53 Å². The zero-order chi connectivity index (χ0) is 13.9. The summed E-state index contributed by atoms with van der Waals surface area (Å²) >= 11 is 3.23. The van der Waals surface area contributed by atoms with Gasteiger partial charge in [-0.05, 0) is 25.0 Å². The Morgan fingerprint density at radius 1 is 1.55 bits per heavy atom. The molecule has 110 valence electrons. The van der Waals surface area contributed by atoms with Gasteiger partial charge in [-0.1, -0.05) is 0 Å². The van der Waals surface area contributed by atoms with E-state index in [0.717, 1.165) is 37.4 Å². The third-order valence-electron chi connectivity index (χ3n) is 3.77. The molecule has 0 aromatic carbocycles. The molecular weight excluding hydrogens is 294 g/mol. The number of nitrogens with two attached hydrogens (primary N) is 1. The number of hydrogen-bond acceptors (Lipinski definition) is 6. The average Bonchev–Trinajstić information content (AvgIpc) is 3.17. The third kappa shape index (κ3) is 3.10. The Labute approximate surface area is 126 Å². The van der Waals surface area contributed by atoms with E-state index < -0.39 is 0 Å². The molecule has 0 aliphatic carbocycles. The summed E-state index contributed by atoms with van der Waals surface area (Å²) in [7, 11) is 0. The van der Waals surface area contributed by atoms with Gasteiger partial charge in [-0.25, -0.2) is 4.98 Å². The van der Waals surface area contributed by atoms with Gasteiger partial charge in [0.15, 0.2) is 5.13 Å². The molecule has 2 saturated heterocycles. The summed E-state index contributed by atoms with van der Waals surface area (Å²) in [6, 6.07) is 0.305. The van der Waals surface area contributed by atoms with E-state index in [1.165, 1.54) is 11.3 Å². The summed E-state index contributed by atoms with van der Waals surface area (Å²) in [4.78, 5) is 18.8. The van der Waals surface area contributed by atoms with E-state index in [1.54, 1.807) is 5.38 Å². The number of carbonyl (C=O) groups excluding carboxylic acids is 1. The van der Waals surface area contributed by atoms with E-state index in [0.29, 0.717) is 23.4 Å².